The van der Waals surface area contributed by atoms with Crippen LogP contribution in [-0.2, 0) is 9.53 Å². The lowest BCUT2D eigenvalue weighted by Crippen LogP contribution is -2.21. The molecule has 0 aromatic heterocycles. The Bertz CT molecular complexity index is 809. The van der Waals surface area contributed by atoms with Crippen LogP contribution in [0.3, 0.4) is 0 Å². The van der Waals surface area contributed by atoms with Crippen LogP contribution >= 0.6 is 0 Å². The van der Waals surface area contributed by atoms with Crippen LogP contribution in [0.1, 0.15) is 17.2 Å². The molecule has 0 aliphatic carbocycles. The molecule has 2 aliphatic rings. The summed E-state index contributed by atoms with van der Waals surface area (Å²) in [5.74, 6) is 1.65. The third-order valence-corrected chi connectivity index (χ3v) is 3.88. The number of rotatable bonds is 2. The minimum Gasteiger partial charge on any atom is -0.480 e. The summed E-state index contributed by atoms with van der Waals surface area (Å²) in [5, 5.41) is 0. The number of carbonyl (C=O) groups is 1. The molecule has 4 rings (SSSR count). The molecule has 0 amide bonds. The van der Waals surface area contributed by atoms with Crippen LogP contribution in [0.25, 0.3) is 6.08 Å². The summed E-state index contributed by atoms with van der Waals surface area (Å²) in [4.78, 5) is 12.2. The van der Waals surface area contributed by atoms with Crippen molar-refractivity contribution >= 4 is 12.0 Å². The molecule has 0 bridgehead atoms. The van der Waals surface area contributed by atoms with E-state index < -0.39 is 12.1 Å². The summed E-state index contributed by atoms with van der Waals surface area (Å²) >= 11 is 0. The second-order valence-corrected chi connectivity index (χ2v) is 5.24. The molecule has 5 nitrogen and oxygen atoms in total. The zero-order valence-corrected chi connectivity index (χ0v) is 12.4. The summed E-state index contributed by atoms with van der Waals surface area (Å²) in [6, 6.07) is 13.1. The number of hydrogen-bond donors (Lipinski definition) is 0. The predicted molar refractivity (Wildman–Crippen MR) is 82.4 cm³/mol. The number of hydrogen-bond acceptors (Lipinski definition) is 5. The Kier molecular flexibility index (Phi) is 3.19. The fourth-order valence-electron chi connectivity index (χ4n) is 2.75. The molecule has 23 heavy (non-hydrogen) atoms. The fourth-order valence-corrected chi connectivity index (χ4v) is 2.75. The predicted octanol–water partition coefficient (Wildman–Crippen LogP) is 3.11. The number of ether oxygens (including phenoxy) is 4. The highest BCUT2D eigenvalue weighted by Crippen LogP contribution is 2.41. The monoisotopic (exact) mass is 310 g/mol. The average Bonchev–Trinajstić information content (AvgIpc) is 3.07. The molecular formula is C18H14O5. The van der Waals surface area contributed by atoms with Gasteiger partial charge in [-0.05, 0) is 24.3 Å². The average molecular weight is 310 g/mol. The van der Waals surface area contributed by atoms with E-state index in [-0.39, 0.29) is 6.79 Å². The quantitative estimate of drug-likeness (QED) is 0.798. The molecule has 0 fully saturated rings. The third-order valence-electron chi connectivity index (χ3n) is 3.88. The van der Waals surface area contributed by atoms with E-state index in [4.69, 9.17) is 18.9 Å². The number of carbonyl (C=O) groups excluding carboxylic acids is 1. The van der Waals surface area contributed by atoms with Gasteiger partial charge < -0.3 is 18.9 Å². The molecule has 1 unspecified atom stereocenters. The van der Waals surface area contributed by atoms with Crippen molar-refractivity contribution in [1.82, 2.24) is 0 Å². The third kappa shape index (κ3) is 2.30. The van der Waals surface area contributed by atoms with Crippen LogP contribution in [0.5, 0.6) is 17.2 Å². The van der Waals surface area contributed by atoms with Crippen molar-refractivity contribution in [2.24, 2.45) is 0 Å². The van der Waals surface area contributed by atoms with E-state index in [0.29, 0.717) is 17.1 Å². The minimum absolute atomic E-state index is 0.201. The molecule has 2 aromatic rings. The van der Waals surface area contributed by atoms with Crippen molar-refractivity contribution in [2.75, 3.05) is 13.9 Å². The van der Waals surface area contributed by atoms with Crippen LogP contribution in [0.2, 0.25) is 0 Å². The molecular weight excluding hydrogens is 296 g/mol. The molecule has 116 valence electrons. The van der Waals surface area contributed by atoms with Crippen molar-refractivity contribution in [3.63, 3.8) is 0 Å². The lowest BCUT2D eigenvalue weighted by Gasteiger charge is -2.26. The fraction of sp³-hybridized carbons (Fsp3) is 0.167. The van der Waals surface area contributed by atoms with Gasteiger partial charge in [0.25, 0.3) is 0 Å². The zero-order valence-electron chi connectivity index (χ0n) is 12.4. The highest BCUT2D eigenvalue weighted by molar-refractivity contribution is 5.96. The number of benzene rings is 2. The molecule has 0 radical (unpaired) electrons. The molecule has 5 heteroatoms. The van der Waals surface area contributed by atoms with Crippen LogP contribution < -0.4 is 14.2 Å². The van der Waals surface area contributed by atoms with Gasteiger partial charge in [0.05, 0.1) is 12.7 Å². The summed E-state index contributed by atoms with van der Waals surface area (Å²) in [5.41, 5.74) is 2.11. The van der Waals surface area contributed by atoms with E-state index in [1.165, 1.54) is 7.11 Å². The van der Waals surface area contributed by atoms with Crippen molar-refractivity contribution < 1.29 is 23.7 Å². The molecule has 0 spiro atoms. The molecule has 2 heterocycles. The summed E-state index contributed by atoms with van der Waals surface area (Å²) in [6.45, 7) is 0.201. The second-order valence-electron chi connectivity index (χ2n) is 5.24. The topological polar surface area (TPSA) is 54.0 Å². The smallest absolute Gasteiger partial charge is 0.337 e. The van der Waals surface area contributed by atoms with Crippen molar-refractivity contribution in [3.8, 4) is 17.2 Å². The standard InChI is InChI=1S/C18H14O5/c1-20-18(19)13-8-11-4-2-3-5-14(11)23-17(13)12-6-7-15-16(9-12)22-10-21-15/h2-9,17H,10H2,1H3. The van der Waals surface area contributed by atoms with E-state index in [2.05, 4.69) is 0 Å². The summed E-state index contributed by atoms with van der Waals surface area (Å²) < 4.78 is 21.7. The van der Waals surface area contributed by atoms with E-state index in [1.807, 2.05) is 42.5 Å². The van der Waals surface area contributed by atoms with Gasteiger partial charge in [0, 0.05) is 11.1 Å². The SMILES string of the molecule is COC(=O)C1=Cc2ccccc2OC1c1ccc2c(c1)OCO2. The van der Waals surface area contributed by atoms with Crippen LogP contribution in [0.4, 0.5) is 0 Å². The summed E-state index contributed by atoms with van der Waals surface area (Å²) in [7, 11) is 1.36. The van der Waals surface area contributed by atoms with Gasteiger partial charge in [0.15, 0.2) is 17.6 Å². The summed E-state index contributed by atoms with van der Waals surface area (Å²) in [6.07, 6.45) is 1.26. The normalized spacial score (nSPS) is 17.8. The van der Waals surface area contributed by atoms with Crippen LogP contribution in [0, 0.1) is 0 Å². The Hall–Kier alpha value is -2.95. The minimum atomic E-state index is -0.549. The first-order valence-corrected chi connectivity index (χ1v) is 7.21. The molecule has 0 saturated heterocycles. The van der Waals surface area contributed by atoms with Crippen LogP contribution in [0.15, 0.2) is 48.0 Å². The number of esters is 1. The lowest BCUT2D eigenvalue weighted by atomic mass is 9.96. The van der Waals surface area contributed by atoms with E-state index in [1.54, 1.807) is 6.08 Å². The highest BCUT2D eigenvalue weighted by Gasteiger charge is 2.31. The Morgan fingerprint density at radius 1 is 1.09 bits per heavy atom. The van der Waals surface area contributed by atoms with Crippen molar-refractivity contribution in [1.29, 1.82) is 0 Å². The lowest BCUT2D eigenvalue weighted by molar-refractivity contribution is -0.137. The molecule has 1 atom stereocenters. The molecule has 2 aliphatic heterocycles. The number of para-hydroxylation sites is 1. The maximum absolute atomic E-state index is 12.2. The van der Waals surface area contributed by atoms with Gasteiger partial charge in [0.2, 0.25) is 6.79 Å². The molecule has 0 saturated carbocycles. The zero-order chi connectivity index (χ0) is 15.8. The van der Waals surface area contributed by atoms with Gasteiger partial charge in [-0.1, -0.05) is 24.3 Å². The highest BCUT2D eigenvalue weighted by atomic mass is 16.7. The van der Waals surface area contributed by atoms with Crippen molar-refractivity contribution in [3.05, 3.63) is 59.2 Å². The first-order chi connectivity index (χ1) is 11.3. The maximum Gasteiger partial charge on any atom is 0.337 e. The van der Waals surface area contributed by atoms with Crippen molar-refractivity contribution in [2.45, 2.75) is 6.10 Å². The first-order valence-electron chi connectivity index (χ1n) is 7.21. The Labute approximate surface area is 133 Å². The van der Waals surface area contributed by atoms with Gasteiger partial charge in [-0.2, -0.15) is 0 Å². The van der Waals surface area contributed by atoms with E-state index in [9.17, 15) is 4.79 Å². The van der Waals surface area contributed by atoms with Gasteiger partial charge in [0.1, 0.15) is 5.75 Å². The van der Waals surface area contributed by atoms with E-state index in [0.717, 1.165) is 16.9 Å². The van der Waals surface area contributed by atoms with Gasteiger partial charge in [-0.25, -0.2) is 4.79 Å². The Balaban J connectivity index is 1.79. The number of fused-ring (bicyclic) bond motifs is 2. The molecule has 2 aromatic carbocycles. The number of methoxy groups -OCH3 is 1. The second kappa shape index (κ2) is 5.35. The Morgan fingerprint density at radius 3 is 2.78 bits per heavy atom. The Morgan fingerprint density at radius 2 is 1.91 bits per heavy atom. The largest absolute Gasteiger partial charge is 0.480 e. The van der Waals surface area contributed by atoms with Gasteiger partial charge >= 0.3 is 5.97 Å². The molecule has 0 N–H and O–H groups in total. The maximum atomic E-state index is 12.2. The van der Waals surface area contributed by atoms with Crippen LogP contribution in [-0.4, -0.2) is 19.9 Å². The van der Waals surface area contributed by atoms with Gasteiger partial charge in [-0.3, -0.25) is 0 Å². The first kappa shape index (κ1) is 13.7. The van der Waals surface area contributed by atoms with Gasteiger partial charge in [-0.15, -0.1) is 0 Å². The van der Waals surface area contributed by atoms with E-state index >= 15 is 0 Å².